The van der Waals surface area contributed by atoms with Crippen molar-refractivity contribution in [3.05, 3.63) is 23.3 Å². The van der Waals surface area contributed by atoms with Gasteiger partial charge in [0.05, 0.1) is 4.90 Å². The summed E-state index contributed by atoms with van der Waals surface area (Å²) in [6.07, 6.45) is 0. The van der Waals surface area contributed by atoms with E-state index in [4.69, 9.17) is 5.73 Å². The third-order valence-corrected chi connectivity index (χ3v) is 6.20. The molecule has 2 N–H and O–H groups in total. The fourth-order valence-electron chi connectivity index (χ4n) is 2.31. The molecule has 0 atom stereocenters. The molecule has 2 rings (SSSR count). The lowest BCUT2D eigenvalue weighted by molar-refractivity contribution is 0.443. The first kappa shape index (κ1) is 13.7. The zero-order valence-electron chi connectivity index (χ0n) is 10.6. The topological polar surface area (TPSA) is 63.4 Å². The summed E-state index contributed by atoms with van der Waals surface area (Å²) in [5, 5.41) is 0. The van der Waals surface area contributed by atoms with E-state index in [9.17, 15) is 8.42 Å². The first-order valence-electron chi connectivity index (χ1n) is 5.87. The van der Waals surface area contributed by atoms with Gasteiger partial charge in [0, 0.05) is 30.3 Å². The maximum Gasteiger partial charge on any atom is 0.243 e. The molecule has 0 amide bonds. The van der Waals surface area contributed by atoms with E-state index in [0.717, 1.165) is 22.6 Å². The lowest BCUT2D eigenvalue weighted by Gasteiger charge is -2.27. The molecule has 1 heterocycles. The summed E-state index contributed by atoms with van der Waals surface area (Å²) < 4.78 is 26.8. The highest BCUT2D eigenvalue weighted by Crippen LogP contribution is 2.27. The molecule has 18 heavy (non-hydrogen) atoms. The number of rotatable bonds is 2. The van der Waals surface area contributed by atoms with Gasteiger partial charge in [0.2, 0.25) is 10.0 Å². The standard InChI is InChI=1S/C12H18N2O2S2/c1-9-7-11(13)8-10(2)12(9)18(15,16)14-3-5-17-6-4-14/h7-8H,3-6,13H2,1-2H3. The van der Waals surface area contributed by atoms with Gasteiger partial charge in [-0.2, -0.15) is 16.1 Å². The van der Waals surface area contributed by atoms with Gasteiger partial charge in [-0.3, -0.25) is 0 Å². The molecule has 0 bridgehead atoms. The van der Waals surface area contributed by atoms with Gasteiger partial charge >= 0.3 is 0 Å². The van der Waals surface area contributed by atoms with Crippen LogP contribution in [0, 0.1) is 13.8 Å². The average molecular weight is 286 g/mol. The highest BCUT2D eigenvalue weighted by Gasteiger charge is 2.28. The lowest BCUT2D eigenvalue weighted by atomic mass is 10.1. The van der Waals surface area contributed by atoms with E-state index >= 15 is 0 Å². The summed E-state index contributed by atoms with van der Waals surface area (Å²) in [4.78, 5) is 0.420. The number of sulfonamides is 1. The van der Waals surface area contributed by atoms with Gasteiger partial charge in [-0.15, -0.1) is 0 Å². The predicted octanol–water partition coefficient (Wildman–Crippen LogP) is 1.62. The smallest absolute Gasteiger partial charge is 0.243 e. The largest absolute Gasteiger partial charge is 0.399 e. The van der Waals surface area contributed by atoms with Crippen molar-refractivity contribution in [2.24, 2.45) is 0 Å². The third-order valence-electron chi connectivity index (χ3n) is 3.05. The minimum absolute atomic E-state index is 0.420. The zero-order valence-corrected chi connectivity index (χ0v) is 12.3. The van der Waals surface area contributed by atoms with Gasteiger partial charge in [0.25, 0.3) is 0 Å². The van der Waals surface area contributed by atoms with Crippen molar-refractivity contribution in [2.75, 3.05) is 30.3 Å². The van der Waals surface area contributed by atoms with Gasteiger partial charge < -0.3 is 5.73 Å². The minimum atomic E-state index is -3.38. The first-order chi connectivity index (χ1) is 8.43. The van der Waals surface area contributed by atoms with Crippen LogP contribution in [0.5, 0.6) is 0 Å². The molecule has 1 aromatic carbocycles. The van der Waals surface area contributed by atoms with E-state index in [1.807, 2.05) is 0 Å². The molecule has 0 saturated carbocycles. The van der Waals surface area contributed by atoms with Crippen molar-refractivity contribution in [3.8, 4) is 0 Å². The van der Waals surface area contributed by atoms with Gasteiger partial charge in [0.1, 0.15) is 0 Å². The molecule has 1 aromatic rings. The van der Waals surface area contributed by atoms with Crippen LogP contribution < -0.4 is 5.73 Å². The number of thioether (sulfide) groups is 1. The van der Waals surface area contributed by atoms with Crippen molar-refractivity contribution < 1.29 is 8.42 Å². The molecule has 0 radical (unpaired) electrons. The Morgan fingerprint density at radius 1 is 1.17 bits per heavy atom. The monoisotopic (exact) mass is 286 g/mol. The summed E-state index contributed by atoms with van der Waals surface area (Å²) in [6, 6.07) is 3.44. The van der Waals surface area contributed by atoms with Crippen LogP contribution in [0.3, 0.4) is 0 Å². The normalized spacial score (nSPS) is 17.9. The van der Waals surface area contributed by atoms with Gasteiger partial charge in [0.15, 0.2) is 0 Å². The molecule has 1 aliphatic heterocycles. The molecular formula is C12H18N2O2S2. The molecule has 100 valence electrons. The Bertz CT molecular complexity index is 526. The lowest BCUT2D eigenvalue weighted by Crippen LogP contribution is -2.38. The molecule has 1 fully saturated rings. The van der Waals surface area contributed by atoms with Gasteiger partial charge in [-0.1, -0.05) is 0 Å². The number of benzene rings is 1. The first-order valence-corrected chi connectivity index (χ1v) is 8.47. The number of hydrogen-bond acceptors (Lipinski definition) is 4. The van der Waals surface area contributed by atoms with E-state index in [1.165, 1.54) is 0 Å². The Hall–Kier alpha value is -0.720. The van der Waals surface area contributed by atoms with E-state index in [1.54, 1.807) is 42.0 Å². The van der Waals surface area contributed by atoms with Crippen LogP contribution >= 0.6 is 11.8 Å². The van der Waals surface area contributed by atoms with Crippen LogP contribution in [0.2, 0.25) is 0 Å². The van der Waals surface area contributed by atoms with Crippen LogP contribution in [0.25, 0.3) is 0 Å². The van der Waals surface area contributed by atoms with Crippen molar-refractivity contribution >= 4 is 27.5 Å². The Kier molecular flexibility index (Phi) is 3.89. The van der Waals surface area contributed by atoms with Crippen molar-refractivity contribution in [1.82, 2.24) is 4.31 Å². The number of nitrogens with zero attached hydrogens (tertiary/aromatic N) is 1. The van der Waals surface area contributed by atoms with Gasteiger partial charge in [-0.05, 0) is 37.1 Å². The number of nitrogens with two attached hydrogens (primary N) is 1. The Morgan fingerprint density at radius 2 is 1.67 bits per heavy atom. The minimum Gasteiger partial charge on any atom is -0.399 e. The van der Waals surface area contributed by atoms with Crippen LogP contribution in [-0.4, -0.2) is 37.3 Å². The molecule has 0 aromatic heterocycles. The summed E-state index contributed by atoms with van der Waals surface area (Å²) in [5.41, 5.74) is 7.80. The second kappa shape index (κ2) is 5.11. The second-order valence-electron chi connectivity index (χ2n) is 4.50. The molecule has 0 spiro atoms. The molecular weight excluding hydrogens is 268 g/mol. The highest BCUT2D eigenvalue weighted by molar-refractivity contribution is 7.99. The zero-order chi connectivity index (χ0) is 13.3. The Morgan fingerprint density at radius 3 is 2.17 bits per heavy atom. The fraction of sp³-hybridized carbons (Fsp3) is 0.500. The quantitative estimate of drug-likeness (QED) is 0.839. The molecule has 0 aliphatic carbocycles. The average Bonchev–Trinajstić information content (AvgIpc) is 2.28. The number of aryl methyl sites for hydroxylation is 2. The van der Waals surface area contributed by atoms with E-state index in [-0.39, 0.29) is 0 Å². The number of nitrogen functional groups attached to an aromatic ring is 1. The summed E-state index contributed by atoms with van der Waals surface area (Å²) in [6.45, 7) is 4.79. The van der Waals surface area contributed by atoms with Crippen LogP contribution in [0.4, 0.5) is 5.69 Å². The van der Waals surface area contributed by atoms with Crippen LogP contribution in [-0.2, 0) is 10.0 Å². The Labute approximate surface area is 113 Å². The summed E-state index contributed by atoms with van der Waals surface area (Å²) in [7, 11) is -3.38. The Balaban J connectivity index is 2.47. The van der Waals surface area contributed by atoms with E-state index < -0.39 is 10.0 Å². The van der Waals surface area contributed by atoms with Gasteiger partial charge in [-0.25, -0.2) is 8.42 Å². The maximum atomic E-state index is 12.6. The molecule has 1 aliphatic rings. The molecule has 0 unspecified atom stereocenters. The van der Waals surface area contributed by atoms with Crippen LogP contribution in [0.15, 0.2) is 17.0 Å². The number of anilines is 1. The maximum absolute atomic E-state index is 12.6. The van der Waals surface area contributed by atoms with E-state index in [2.05, 4.69) is 0 Å². The van der Waals surface area contributed by atoms with Crippen molar-refractivity contribution in [1.29, 1.82) is 0 Å². The highest BCUT2D eigenvalue weighted by atomic mass is 32.2. The van der Waals surface area contributed by atoms with E-state index in [0.29, 0.717) is 23.7 Å². The summed E-state index contributed by atoms with van der Waals surface area (Å²) in [5.74, 6) is 1.73. The van der Waals surface area contributed by atoms with Crippen LogP contribution in [0.1, 0.15) is 11.1 Å². The predicted molar refractivity (Wildman–Crippen MR) is 76.4 cm³/mol. The second-order valence-corrected chi connectivity index (χ2v) is 7.60. The fourth-order valence-corrected chi connectivity index (χ4v) is 5.29. The van der Waals surface area contributed by atoms with Crippen molar-refractivity contribution in [2.45, 2.75) is 18.7 Å². The SMILES string of the molecule is Cc1cc(N)cc(C)c1S(=O)(=O)N1CCSCC1. The van der Waals surface area contributed by atoms with Crippen molar-refractivity contribution in [3.63, 3.8) is 0 Å². The molecule has 6 heteroatoms. The molecule has 1 saturated heterocycles. The molecule has 4 nitrogen and oxygen atoms in total. The third kappa shape index (κ3) is 2.50. The number of hydrogen-bond donors (Lipinski definition) is 1. The summed E-state index contributed by atoms with van der Waals surface area (Å²) >= 11 is 1.79.